The highest BCUT2D eigenvalue weighted by molar-refractivity contribution is 5.76. The van der Waals surface area contributed by atoms with Crippen molar-refractivity contribution in [2.75, 3.05) is 33.8 Å². The smallest absolute Gasteiger partial charge is 0.0633 e. The van der Waals surface area contributed by atoms with Crippen molar-refractivity contribution in [3.63, 3.8) is 0 Å². The summed E-state index contributed by atoms with van der Waals surface area (Å²) in [6.07, 6.45) is 2.06. The number of rotatable bonds is 3. The third kappa shape index (κ3) is 3.65. The predicted octanol–water partition coefficient (Wildman–Crippen LogP) is 3.22. The monoisotopic (exact) mass is 358 g/mol. The number of nitrogens with two attached hydrogens (primary N) is 3. The van der Waals surface area contributed by atoms with Gasteiger partial charge in [0.1, 0.15) is 0 Å². The molecule has 7 N–H and O–H groups in total. The lowest BCUT2D eigenvalue weighted by atomic mass is 10.0. The maximum absolute atomic E-state index is 5.99. The minimum absolute atomic E-state index is 0.658. The van der Waals surface area contributed by atoms with Crippen LogP contribution in [0.1, 0.15) is 5.56 Å². The van der Waals surface area contributed by atoms with Crippen molar-refractivity contribution < 1.29 is 0 Å². The lowest BCUT2D eigenvalue weighted by Gasteiger charge is -2.37. The molecule has 3 aromatic carbocycles. The molecule has 0 aliphatic carbocycles. The molecule has 0 bridgehead atoms. The molecule has 27 heavy (non-hydrogen) atoms. The molecule has 1 aliphatic rings. The maximum Gasteiger partial charge on any atom is 0.0633 e. The summed E-state index contributed by atoms with van der Waals surface area (Å²) in [7, 11) is 0. The lowest BCUT2D eigenvalue weighted by molar-refractivity contribution is 0.645. The van der Waals surface area contributed by atoms with Gasteiger partial charge >= 0.3 is 0 Å². The van der Waals surface area contributed by atoms with Crippen molar-refractivity contribution >= 4 is 34.0 Å². The van der Waals surface area contributed by atoms with Crippen LogP contribution >= 0.6 is 0 Å². The van der Waals surface area contributed by atoms with E-state index in [-0.39, 0.29) is 0 Å². The minimum Gasteiger partial charge on any atom is -0.399 e. The van der Waals surface area contributed by atoms with E-state index >= 15 is 0 Å². The minimum atomic E-state index is 0.658. The second-order valence-corrected chi connectivity index (χ2v) is 6.53. The fourth-order valence-corrected chi connectivity index (χ4v) is 3.11. The molecule has 0 spiro atoms. The zero-order chi connectivity index (χ0) is 18.8. The van der Waals surface area contributed by atoms with Gasteiger partial charge in [-0.15, -0.1) is 5.53 Å². The van der Waals surface area contributed by atoms with Crippen LogP contribution in [0.3, 0.4) is 0 Å². The molecule has 0 fully saturated rings. The molecule has 0 atom stereocenters. The Labute approximate surface area is 158 Å². The largest absolute Gasteiger partial charge is 0.399 e. The van der Waals surface area contributed by atoms with Crippen molar-refractivity contribution in [2.45, 2.75) is 0 Å². The third-order valence-corrected chi connectivity index (χ3v) is 4.43. The number of hydrazine groups is 2. The molecule has 0 amide bonds. The van der Waals surface area contributed by atoms with Gasteiger partial charge in [-0.1, -0.05) is 24.3 Å². The molecule has 1 aliphatic heterocycles. The fourth-order valence-electron chi connectivity index (χ4n) is 3.11. The molecule has 0 aromatic heterocycles. The average Bonchev–Trinajstić information content (AvgIpc) is 2.68. The Morgan fingerprint density at radius 3 is 1.96 bits per heavy atom. The number of nitrogens with one attached hydrogen (secondary N) is 1. The van der Waals surface area contributed by atoms with E-state index in [1.165, 1.54) is 0 Å². The van der Waals surface area contributed by atoms with Crippen LogP contribution in [0.4, 0.5) is 28.4 Å². The summed E-state index contributed by atoms with van der Waals surface area (Å²) in [4.78, 5) is 0. The van der Waals surface area contributed by atoms with Crippen molar-refractivity contribution in [3.05, 3.63) is 84.6 Å². The summed E-state index contributed by atoms with van der Waals surface area (Å²) in [5.74, 6) is 0. The second kappa shape index (κ2) is 6.93. The van der Waals surface area contributed by atoms with E-state index in [9.17, 15) is 0 Å². The molecule has 6 nitrogen and oxygen atoms in total. The van der Waals surface area contributed by atoms with Gasteiger partial charge in [-0.2, -0.15) is 0 Å². The highest BCUT2D eigenvalue weighted by atomic mass is 15.8. The van der Waals surface area contributed by atoms with Gasteiger partial charge in [0.25, 0.3) is 0 Å². The molecule has 0 saturated heterocycles. The van der Waals surface area contributed by atoms with Gasteiger partial charge in [-0.25, -0.2) is 0 Å². The molecular weight excluding hydrogens is 336 g/mol. The van der Waals surface area contributed by atoms with Gasteiger partial charge in [-0.3, -0.25) is 10.0 Å². The van der Waals surface area contributed by atoms with Crippen LogP contribution in [0.25, 0.3) is 5.57 Å². The van der Waals surface area contributed by atoms with Gasteiger partial charge in [0.15, 0.2) is 0 Å². The van der Waals surface area contributed by atoms with Crippen LogP contribution in [0.15, 0.2) is 79.0 Å². The highest BCUT2D eigenvalue weighted by Gasteiger charge is 2.20. The molecule has 3 aromatic rings. The normalized spacial score (nSPS) is 14.1. The summed E-state index contributed by atoms with van der Waals surface area (Å²) in [6.45, 7) is 0.658. The first-order valence-corrected chi connectivity index (χ1v) is 8.69. The first kappa shape index (κ1) is 16.8. The fraction of sp³-hybridized carbons (Fsp3) is 0.0476. The molecular formula is C21H22N6. The number of nitrogen functional groups attached to an aromatic ring is 3. The van der Waals surface area contributed by atoms with Gasteiger partial charge in [0.05, 0.1) is 17.9 Å². The van der Waals surface area contributed by atoms with E-state index < -0.39 is 0 Å². The average molecular weight is 358 g/mol. The number of nitrogens with zero attached hydrogens (tertiary/aromatic N) is 2. The molecule has 1 heterocycles. The Balaban J connectivity index is 1.76. The van der Waals surface area contributed by atoms with Crippen molar-refractivity contribution in [1.29, 1.82) is 0 Å². The highest BCUT2D eigenvalue weighted by Crippen LogP contribution is 2.28. The van der Waals surface area contributed by atoms with E-state index in [0.717, 1.165) is 28.2 Å². The second-order valence-electron chi connectivity index (χ2n) is 6.53. The van der Waals surface area contributed by atoms with Crippen molar-refractivity contribution in [1.82, 2.24) is 5.53 Å². The van der Waals surface area contributed by atoms with Gasteiger partial charge in [-0.05, 0) is 59.7 Å². The lowest BCUT2D eigenvalue weighted by Crippen LogP contribution is -2.52. The Hall–Kier alpha value is -3.64. The van der Waals surface area contributed by atoms with E-state index in [1.54, 1.807) is 0 Å². The van der Waals surface area contributed by atoms with Crippen molar-refractivity contribution in [3.8, 4) is 0 Å². The van der Waals surface area contributed by atoms with Gasteiger partial charge < -0.3 is 17.2 Å². The molecule has 136 valence electrons. The Kier molecular flexibility index (Phi) is 4.32. The molecule has 0 saturated carbocycles. The van der Waals surface area contributed by atoms with Gasteiger partial charge in [0, 0.05) is 23.3 Å². The Bertz CT molecular complexity index is 997. The van der Waals surface area contributed by atoms with E-state index in [2.05, 4.69) is 17.8 Å². The van der Waals surface area contributed by atoms with Crippen LogP contribution in [0, 0.1) is 0 Å². The van der Waals surface area contributed by atoms with E-state index in [1.807, 2.05) is 76.7 Å². The van der Waals surface area contributed by atoms with E-state index in [0.29, 0.717) is 17.9 Å². The third-order valence-electron chi connectivity index (χ3n) is 4.43. The molecule has 0 unspecified atom stereocenters. The van der Waals surface area contributed by atoms with Crippen molar-refractivity contribution in [2.24, 2.45) is 0 Å². The summed E-state index contributed by atoms with van der Waals surface area (Å²) >= 11 is 0. The van der Waals surface area contributed by atoms with Crippen LogP contribution < -0.4 is 32.8 Å². The van der Waals surface area contributed by atoms with E-state index in [4.69, 9.17) is 17.2 Å². The molecule has 0 radical (unpaired) electrons. The number of hydrogen-bond donors (Lipinski definition) is 4. The summed E-state index contributed by atoms with van der Waals surface area (Å²) in [5.41, 5.74) is 27.6. The molecule has 4 rings (SSSR count). The molecule has 6 heteroatoms. The first-order chi connectivity index (χ1) is 13.1. The van der Waals surface area contributed by atoms with Crippen LogP contribution in [0.2, 0.25) is 0 Å². The Morgan fingerprint density at radius 2 is 1.30 bits per heavy atom. The Morgan fingerprint density at radius 1 is 0.704 bits per heavy atom. The number of benzene rings is 3. The van der Waals surface area contributed by atoms with Crippen LogP contribution in [-0.4, -0.2) is 6.54 Å². The predicted molar refractivity (Wildman–Crippen MR) is 114 cm³/mol. The maximum atomic E-state index is 5.99. The number of anilines is 5. The summed E-state index contributed by atoms with van der Waals surface area (Å²) in [5, 5.41) is 3.99. The van der Waals surface area contributed by atoms with Crippen LogP contribution in [0.5, 0.6) is 0 Å². The first-order valence-electron chi connectivity index (χ1n) is 8.69. The quantitative estimate of drug-likeness (QED) is 0.537. The summed E-state index contributed by atoms with van der Waals surface area (Å²) < 4.78 is 0. The zero-order valence-corrected chi connectivity index (χ0v) is 14.8. The topological polar surface area (TPSA) is 96.6 Å². The zero-order valence-electron chi connectivity index (χ0n) is 14.8. The standard InChI is InChI=1S/C21H22N6/c22-17-5-1-4-15(10-17)16-13-26(20-8-2-6-18(23)11-20)25-27(14-16)21-9-3-7-19(24)12-21/h1-13,25H,14,22-24H2. The summed E-state index contributed by atoms with van der Waals surface area (Å²) in [6, 6.07) is 23.4. The van der Waals surface area contributed by atoms with Gasteiger partial charge in [0.2, 0.25) is 0 Å². The number of hydrogen-bond acceptors (Lipinski definition) is 6. The van der Waals surface area contributed by atoms with Crippen LogP contribution in [-0.2, 0) is 0 Å². The SMILES string of the molecule is Nc1cccc(C2=CN(c3cccc(N)c3)NN(c3cccc(N)c3)C2)c1.